The minimum absolute atomic E-state index is 0.0402. The molecule has 27 heavy (non-hydrogen) atoms. The Labute approximate surface area is 161 Å². The van der Waals surface area contributed by atoms with Crippen molar-refractivity contribution < 1.29 is 14.3 Å². The first kappa shape index (κ1) is 19.8. The predicted octanol–water partition coefficient (Wildman–Crippen LogP) is 1.39. The number of aromatic nitrogens is 2. The van der Waals surface area contributed by atoms with Crippen LogP contribution in [0.3, 0.4) is 0 Å². The molecule has 0 aromatic carbocycles. The number of urea groups is 1. The number of carbonyl (C=O) groups is 1. The highest BCUT2D eigenvalue weighted by Gasteiger charge is 2.26. The molecule has 3 rings (SSSR count). The molecule has 2 aliphatic rings. The van der Waals surface area contributed by atoms with Gasteiger partial charge in [-0.15, -0.1) is 0 Å². The maximum Gasteiger partial charge on any atom is 0.317 e. The van der Waals surface area contributed by atoms with Crippen molar-refractivity contribution in [3.05, 3.63) is 18.5 Å². The standard InChI is InChI=1S/C19H31N5O3/c1-26-13-12-23-9-2-4-16(15-23)14-22-19(25)24-10-5-17(6-11-24)27-18-20-7-3-8-21-18/h3,7-8,16-17H,2,4-6,9-15H2,1H3,(H,22,25)/t16-/m1/s1. The molecule has 2 amide bonds. The molecule has 3 heterocycles. The maximum absolute atomic E-state index is 12.5. The number of nitrogens with one attached hydrogen (secondary N) is 1. The van der Waals surface area contributed by atoms with Crippen LogP contribution >= 0.6 is 0 Å². The third-order valence-electron chi connectivity index (χ3n) is 5.30. The molecule has 8 heteroatoms. The van der Waals surface area contributed by atoms with Crippen LogP contribution in [-0.4, -0.2) is 84.9 Å². The number of piperidine rings is 2. The lowest BCUT2D eigenvalue weighted by atomic mass is 9.98. The van der Waals surface area contributed by atoms with Gasteiger partial charge >= 0.3 is 12.0 Å². The van der Waals surface area contributed by atoms with Crippen LogP contribution in [0.2, 0.25) is 0 Å². The van der Waals surface area contributed by atoms with Crippen molar-refractivity contribution >= 4 is 6.03 Å². The summed E-state index contributed by atoms with van der Waals surface area (Å²) in [5.74, 6) is 0.524. The highest BCUT2D eigenvalue weighted by molar-refractivity contribution is 5.74. The molecular formula is C19H31N5O3. The van der Waals surface area contributed by atoms with Crippen LogP contribution in [-0.2, 0) is 4.74 Å². The Balaban J connectivity index is 1.34. The third kappa shape index (κ3) is 6.32. The summed E-state index contributed by atoms with van der Waals surface area (Å²) in [6.07, 6.45) is 7.40. The van der Waals surface area contributed by atoms with E-state index in [-0.39, 0.29) is 12.1 Å². The number of nitrogens with zero attached hydrogens (tertiary/aromatic N) is 4. The Hall–Kier alpha value is -1.93. The van der Waals surface area contributed by atoms with E-state index in [2.05, 4.69) is 20.2 Å². The predicted molar refractivity (Wildman–Crippen MR) is 102 cm³/mol. The fourth-order valence-corrected chi connectivity index (χ4v) is 3.76. The molecule has 0 spiro atoms. The first-order valence-corrected chi connectivity index (χ1v) is 9.92. The summed E-state index contributed by atoms with van der Waals surface area (Å²) in [5.41, 5.74) is 0. The van der Waals surface area contributed by atoms with Gasteiger partial charge < -0.3 is 24.6 Å². The van der Waals surface area contributed by atoms with E-state index < -0.39 is 0 Å². The van der Waals surface area contributed by atoms with Gasteiger partial charge in [0.15, 0.2) is 0 Å². The van der Waals surface area contributed by atoms with Crippen LogP contribution in [0.15, 0.2) is 18.5 Å². The first-order chi connectivity index (χ1) is 13.2. The molecule has 0 unspecified atom stereocenters. The average Bonchev–Trinajstić information content (AvgIpc) is 2.72. The van der Waals surface area contributed by atoms with E-state index in [4.69, 9.17) is 9.47 Å². The summed E-state index contributed by atoms with van der Waals surface area (Å²) in [5, 5.41) is 3.13. The van der Waals surface area contributed by atoms with E-state index in [1.807, 2.05) is 4.90 Å². The molecule has 1 atom stereocenters. The number of ether oxygens (including phenoxy) is 2. The number of likely N-dealkylation sites (tertiary alicyclic amines) is 2. The van der Waals surface area contributed by atoms with Gasteiger partial charge in [0, 0.05) is 65.1 Å². The van der Waals surface area contributed by atoms with E-state index >= 15 is 0 Å². The monoisotopic (exact) mass is 377 g/mol. The van der Waals surface area contributed by atoms with Crippen LogP contribution in [0.1, 0.15) is 25.7 Å². The topological polar surface area (TPSA) is 79.8 Å². The minimum atomic E-state index is 0.0402. The van der Waals surface area contributed by atoms with Crippen molar-refractivity contribution in [1.29, 1.82) is 0 Å². The van der Waals surface area contributed by atoms with E-state index in [0.717, 1.165) is 45.6 Å². The largest absolute Gasteiger partial charge is 0.460 e. The lowest BCUT2D eigenvalue weighted by Gasteiger charge is -2.34. The molecule has 1 N–H and O–H groups in total. The van der Waals surface area contributed by atoms with Gasteiger partial charge in [0.05, 0.1) is 6.61 Å². The van der Waals surface area contributed by atoms with Gasteiger partial charge in [-0.25, -0.2) is 14.8 Å². The molecule has 0 aliphatic carbocycles. The maximum atomic E-state index is 12.5. The fraction of sp³-hybridized carbons (Fsp3) is 0.737. The lowest BCUT2D eigenvalue weighted by molar-refractivity contribution is 0.0995. The lowest BCUT2D eigenvalue weighted by Crippen LogP contribution is -2.49. The Kier molecular flexibility index (Phi) is 7.65. The van der Waals surface area contributed by atoms with E-state index in [1.54, 1.807) is 25.6 Å². The molecule has 8 nitrogen and oxygen atoms in total. The third-order valence-corrected chi connectivity index (χ3v) is 5.30. The molecule has 0 radical (unpaired) electrons. The summed E-state index contributed by atoms with van der Waals surface area (Å²) in [7, 11) is 1.74. The Morgan fingerprint density at radius 1 is 1.22 bits per heavy atom. The highest BCUT2D eigenvalue weighted by Crippen LogP contribution is 2.17. The van der Waals surface area contributed by atoms with Crippen LogP contribution in [0.5, 0.6) is 6.01 Å². The van der Waals surface area contributed by atoms with Gasteiger partial charge in [0.2, 0.25) is 0 Å². The Morgan fingerprint density at radius 3 is 2.74 bits per heavy atom. The minimum Gasteiger partial charge on any atom is -0.460 e. The van der Waals surface area contributed by atoms with Gasteiger partial charge in [-0.3, -0.25) is 0 Å². The summed E-state index contributed by atoms with van der Waals surface area (Å²) < 4.78 is 11.0. The van der Waals surface area contributed by atoms with Gasteiger partial charge in [0.1, 0.15) is 6.10 Å². The van der Waals surface area contributed by atoms with Crippen molar-refractivity contribution in [2.24, 2.45) is 5.92 Å². The smallest absolute Gasteiger partial charge is 0.317 e. The van der Waals surface area contributed by atoms with E-state index in [0.29, 0.717) is 25.0 Å². The van der Waals surface area contributed by atoms with Crippen molar-refractivity contribution in [3.63, 3.8) is 0 Å². The summed E-state index contributed by atoms with van der Waals surface area (Å²) in [4.78, 5) is 25.0. The Bertz CT molecular complexity index is 566. The summed E-state index contributed by atoms with van der Waals surface area (Å²) in [6, 6.07) is 2.22. The van der Waals surface area contributed by atoms with Crippen molar-refractivity contribution in [2.45, 2.75) is 31.8 Å². The second-order valence-electron chi connectivity index (χ2n) is 7.32. The fourth-order valence-electron chi connectivity index (χ4n) is 3.76. The molecule has 2 fully saturated rings. The van der Waals surface area contributed by atoms with Gasteiger partial charge in [0.25, 0.3) is 0 Å². The summed E-state index contributed by atoms with van der Waals surface area (Å²) in [6.45, 7) is 6.06. The molecule has 2 saturated heterocycles. The summed E-state index contributed by atoms with van der Waals surface area (Å²) >= 11 is 0. The highest BCUT2D eigenvalue weighted by atomic mass is 16.5. The second-order valence-corrected chi connectivity index (χ2v) is 7.32. The molecule has 0 saturated carbocycles. The number of hydrogen-bond donors (Lipinski definition) is 1. The average molecular weight is 377 g/mol. The number of hydrogen-bond acceptors (Lipinski definition) is 6. The van der Waals surface area contributed by atoms with Crippen LogP contribution in [0.4, 0.5) is 4.79 Å². The molecule has 1 aromatic heterocycles. The zero-order chi connectivity index (χ0) is 18.9. The van der Waals surface area contributed by atoms with Crippen molar-refractivity contribution in [3.8, 4) is 6.01 Å². The van der Waals surface area contributed by atoms with Crippen LogP contribution < -0.4 is 10.1 Å². The van der Waals surface area contributed by atoms with Gasteiger partial charge in [-0.05, 0) is 31.4 Å². The van der Waals surface area contributed by atoms with Gasteiger partial charge in [-0.1, -0.05) is 0 Å². The van der Waals surface area contributed by atoms with Crippen molar-refractivity contribution in [2.75, 3.05) is 53.0 Å². The SMILES string of the molecule is COCCN1CCC[C@H](CNC(=O)N2CCC(Oc3ncccn3)CC2)C1. The number of rotatable bonds is 7. The number of amides is 2. The quantitative estimate of drug-likeness (QED) is 0.773. The number of carbonyl (C=O) groups excluding carboxylic acids is 1. The molecule has 2 aliphatic heterocycles. The van der Waals surface area contributed by atoms with E-state index in [1.165, 1.54) is 12.8 Å². The zero-order valence-corrected chi connectivity index (χ0v) is 16.2. The normalized spacial score (nSPS) is 21.8. The Morgan fingerprint density at radius 2 is 2.00 bits per heavy atom. The zero-order valence-electron chi connectivity index (χ0n) is 16.2. The number of methoxy groups -OCH3 is 1. The molecular weight excluding hydrogens is 346 g/mol. The first-order valence-electron chi connectivity index (χ1n) is 9.92. The molecule has 0 bridgehead atoms. The van der Waals surface area contributed by atoms with Crippen molar-refractivity contribution in [1.82, 2.24) is 25.1 Å². The molecule has 150 valence electrons. The van der Waals surface area contributed by atoms with Gasteiger partial charge in [-0.2, -0.15) is 0 Å². The van der Waals surface area contributed by atoms with E-state index in [9.17, 15) is 4.79 Å². The second kappa shape index (κ2) is 10.4. The molecule has 1 aromatic rings. The van der Waals surface area contributed by atoms with Crippen LogP contribution in [0, 0.1) is 5.92 Å². The van der Waals surface area contributed by atoms with Crippen LogP contribution in [0.25, 0.3) is 0 Å².